The van der Waals surface area contributed by atoms with E-state index in [0.717, 1.165) is 63.7 Å². The van der Waals surface area contributed by atoms with Crippen LogP contribution in [-0.2, 0) is 28.6 Å². The third kappa shape index (κ3) is 42.0. The summed E-state index contributed by atoms with van der Waals surface area (Å²) in [5.74, 6) is 0.0451. The second-order valence-corrected chi connectivity index (χ2v) is 17.3. The van der Waals surface area contributed by atoms with Gasteiger partial charge in [-0.05, 0) is 25.2 Å². The van der Waals surface area contributed by atoms with E-state index in [-0.39, 0.29) is 31.1 Å². The van der Waals surface area contributed by atoms with Gasteiger partial charge in [-0.2, -0.15) is 0 Å². The largest absolute Gasteiger partial charge is 0.462 e. The van der Waals surface area contributed by atoms with Crippen LogP contribution in [0.2, 0.25) is 0 Å². The van der Waals surface area contributed by atoms with Crippen LogP contribution in [-0.4, -0.2) is 37.2 Å². The number of ether oxygens (including phenoxy) is 3. The molecule has 2 atom stereocenters. The summed E-state index contributed by atoms with van der Waals surface area (Å²) < 4.78 is 16.7. The number of hydrogen-bond acceptors (Lipinski definition) is 6. The van der Waals surface area contributed by atoms with E-state index in [0.29, 0.717) is 19.3 Å². The SMILES string of the molecule is CCCCCCCCCCCCCC(=O)O[C@@H](COC(=O)CCCCCCCCCCC)COC(=O)CCCCCCCCCCCCCCCCC(C)CC. The van der Waals surface area contributed by atoms with Gasteiger partial charge in [0, 0.05) is 19.3 Å². The van der Waals surface area contributed by atoms with Gasteiger partial charge in [0.25, 0.3) is 0 Å². The van der Waals surface area contributed by atoms with Crippen molar-refractivity contribution in [3.05, 3.63) is 0 Å². The molecule has 0 N–H and O–H groups in total. The lowest BCUT2D eigenvalue weighted by Gasteiger charge is -2.18. The third-order valence-electron chi connectivity index (χ3n) is 11.7. The van der Waals surface area contributed by atoms with Crippen LogP contribution in [0.4, 0.5) is 0 Å². The summed E-state index contributed by atoms with van der Waals surface area (Å²) in [4.78, 5) is 37.8. The molecule has 0 radical (unpaired) electrons. The van der Waals surface area contributed by atoms with E-state index < -0.39 is 6.10 Å². The van der Waals surface area contributed by atoms with Gasteiger partial charge in [0.1, 0.15) is 13.2 Å². The van der Waals surface area contributed by atoms with Gasteiger partial charge in [-0.25, -0.2) is 0 Å². The molecule has 0 heterocycles. The molecule has 0 spiro atoms. The van der Waals surface area contributed by atoms with Crippen molar-refractivity contribution in [3.8, 4) is 0 Å². The highest BCUT2D eigenvalue weighted by Gasteiger charge is 2.19. The number of carbonyl (C=O) groups excluding carboxylic acids is 3. The fourth-order valence-corrected chi connectivity index (χ4v) is 7.48. The molecule has 0 bridgehead atoms. The van der Waals surface area contributed by atoms with Gasteiger partial charge in [-0.15, -0.1) is 0 Å². The van der Waals surface area contributed by atoms with E-state index in [1.165, 1.54) is 173 Å². The van der Waals surface area contributed by atoms with E-state index in [9.17, 15) is 14.4 Å². The molecule has 56 heavy (non-hydrogen) atoms. The number of esters is 3. The van der Waals surface area contributed by atoms with E-state index in [1.807, 2.05) is 0 Å². The smallest absolute Gasteiger partial charge is 0.306 e. The van der Waals surface area contributed by atoms with Crippen molar-refractivity contribution in [1.82, 2.24) is 0 Å². The van der Waals surface area contributed by atoms with Crippen LogP contribution in [0.25, 0.3) is 0 Å². The molecule has 0 rings (SSSR count). The lowest BCUT2D eigenvalue weighted by Crippen LogP contribution is -2.30. The molecule has 0 saturated carbocycles. The molecule has 0 saturated heterocycles. The van der Waals surface area contributed by atoms with Crippen LogP contribution in [0.15, 0.2) is 0 Å². The molecule has 332 valence electrons. The Morgan fingerprint density at radius 1 is 0.357 bits per heavy atom. The Morgan fingerprint density at radius 3 is 0.929 bits per heavy atom. The summed E-state index contributed by atoms with van der Waals surface area (Å²) in [5, 5.41) is 0. The van der Waals surface area contributed by atoms with Gasteiger partial charge < -0.3 is 14.2 Å². The highest BCUT2D eigenvalue weighted by molar-refractivity contribution is 5.71. The standard InChI is InChI=1S/C50H96O6/c1-5-8-10-12-14-16-21-27-31-35-39-43-50(53)56-47(44-54-48(51)41-37-33-29-24-15-13-11-9-6-2)45-55-49(52)42-38-34-30-26-23-20-18-17-19-22-25-28-32-36-40-46(4)7-3/h46-47H,5-45H2,1-4H3/t46?,47-/m0/s1. The number of carbonyl (C=O) groups is 3. The Labute approximate surface area is 348 Å². The highest BCUT2D eigenvalue weighted by Crippen LogP contribution is 2.17. The van der Waals surface area contributed by atoms with Crippen LogP contribution in [0, 0.1) is 5.92 Å². The van der Waals surface area contributed by atoms with Gasteiger partial charge in [-0.1, -0.05) is 240 Å². The van der Waals surface area contributed by atoms with Crippen LogP contribution in [0.1, 0.15) is 278 Å². The topological polar surface area (TPSA) is 78.9 Å². The quantitative estimate of drug-likeness (QED) is 0.0347. The Morgan fingerprint density at radius 2 is 0.625 bits per heavy atom. The minimum atomic E-state index is -0.759. The first-order chi connectivity index (χ1) is 27.4. The Bertz CT molecular complexity index is 843. The van der Waals surface area contributed by atoms with Crippen molar-refractivity contribution >= 4 is 17.9 Å². The molecule has 6 nitrogen and oxygen atoms in total. The number of unbranched alkanes of at least 4 members (excludes halogenated alkanes) is 31. The first kappa shape index (κ1) is 54.4. The monoisotopic (exact) mass is 793 g/mol. The Balaban J connectivity index is 4.23. The molecule has 0 aromatic heterocycles. The zero-order valence-electron chi connectivity index (χ0n) is 38.1. The summed E-state index contributed by atoms with van der Waals surface area (Å²) in [5.41, 5.74) is 0. The zero-order valence-corrected chi connectivity index (χ0v) is 38.1. The maximum absolute atomic E-state index is 12.7. The van der Waals surface area contributed by atoms with E-state index in [1.54, 1.807) is 0 Å². The summed E-state index contributed by atoms with van der Waals surface area (Å²) in [7, 11) is 0. The molecular formula is C50H96O6. The normalized spacial score (nSPS) is 12.4. The maximum atomic E-state index is 12.7. The van der Waals surface area contributed by atoms with Crippen molar-refractivity contribution in [2.24, 2.45) is 5.92 Å². The maximum Gasteiger partial charge on any atom is 0.306 e. The van der Waals surface area contributed by atoms with Crippen LogP contribution < -0.4 is 0 Å². The first-order valence-corrected chi connectivity index (χ1v) is 24.9. The van der Waals surface area contributed by atoms with E-state index in [4.69, 9.17) is 14.2 Å². The van der Waals surface area contributed by atoms with Crippen LogP contribution in [0.5, 0.6) is 0 Å². The number of rotatable bonds is 45. The Kier molecular flexibility index (Phi) is 43.2. The van der Waals surface area contributed by atoms with Gasteiger partial charge in [0.15, 0.2) is 6.10 Å². The lowest BCUT2D eigenvalue weighted by molar-refractivity contribution is -0.167. The molecule has 1 unspecified atom stereocenters. The van der Waals surface area contributed by atoms with Crippen molar-refractivity contribution in [2.75, 3.05) is 13.2 Å². The van der Waals surface area contributed by atoms with Gasteiger partial charge in [0.05, 0.1) is 0 Å². The van der Waals surface area contributed by atoms with Crippen molar-refractivity contribution in [2.45, 2.75) is 284 Å². The second-order valence-electron chi connectivity index (χ2n) is 17.3. The van der Waals surface area contributed by atoms with Gasteiger partial charge in [-0.3, -0.25) is 14.4 Å². The summed E-state index contributed by atoms with van der Waals surface area (Å²) >= 11 is 0. The van der Waals surface area contributed by atoms with Crippen LogP contribution in [0.3, 0.4) is 0 Å². The summed E-state index contributed by atoms with van der Waals surface area (Å²) in [6, 6.07) is 0. The molecule has 0 aliphatic rings. The van der Waals surface area contributed by atoms with Gasteiger partial charge >= 0.3 is 17.9 Å². The lowest BCUT2D eigenvalue weighted by atomic mass is 9.99. The van der Waals surface area contributed by atoms with E-state index >= 15 is 0 Å². The highest BCUT2D eigenvalue weighted by atomic mass is 16.6. The predicted molar refractivity (Wildman–Crippen MR) is 238 cm³/mol. The minimum Gasteiger partial charge on any atom is -0.462 e. The Hall–Kier alpha value is -1.59. The van der Waals surface area contributed by atoms with Crippen molar-refractivity contribution < 1.29 is 28.6 Å². The van der Waals surface area contributed by atoms with Crippen molar-refractivity contribution in [1.29, 1.82) is 0 Å². The summed E-state index contributed by atoms with van der Waals surface area (Å²) in [6.07, 6.45) is 45.1. The number of hydrogen-bond donors (Lipinski definition) is 0. The van der Waals surface area contributed by atoms with Crippen LogP contribution >= 0.6 is 0 Å². The summed E-state index contributed by atoms with van der Waals surface area (Å²) in [6.45, 7) is 9.03. The zero-order chi connectivity index (χ0) is 41.0. The molecular weight excluding hydrogens is 697 g/mol. The van der Waals surface area contributed by atoms with E-state index in [2.05, 4.69) is 27.7 Å². The molecule has 0 amide bonds. The molecule has 6 heteroatoms. The molecule has 0 aromatic rings. The predicted octanol–water partition coefficient (Wildman–Crippen LogP) is 15.9. The second kappa shape index (κ2) is 44.5. The average molecular weight is 793 g/mol. The minimum absolute atomic E-state index is 0.0631. The molecule has 0 fully saturated rings. The average Bonchev–Trinajstić information content (AvgIpc) is 3.19. The molecule has 0 aliphatic carbocycles. The third-order valence-corrected chi connectivity index (χ3v) is 11.7. The fraction of sp³-hybridized carbons (Fsp3) is 0.940. The fourth-order valence-electron chi connectivity index (χ4n) is 7.48. The van der Waals surface area contributed by atoms with Crippen molar-refractivity contribution in [3.63, 3.8) is 0 Å². The first-order valence-electron chi connectivity index (χ1n) is 24.9. The molecule has 0 aromatic carbocycles. The molecule has 0 aliphatic heterocycles. The van der Waals surface area contributed by atoms with Gasteiger partial charge in [0.2, 0.25) is 0 Å².